The van der Waals surface area contributed by atoms with E-state index in [1.165, 1.54) is 0 Å². The topological polar surface area (TPSA) is 98.7 Å². The van der Waals surface area contributed by atoms with Gasteiger partial charge in [-0.3, -0.25) is 14.2 Å². The van der Waals surface area contributed by atoms with Gasteiger partial charge in [0, 0.05) is 34.8 Å². The fraction of sp³-hybridized carbons (Fsp3) is 0.346. The highest BCUT2D eigenvalue weighted by Crippen LogP contribution is 2.30. The molecule has 0 saturated heterocycles. The molecule has 9 heteroatoms. The lowest BCUT2D eigenvalue weighted by Gasteiger charge is -2.19. The van der Waals surface area contributed by atoms with E-state index in [4.69, 9.17) is 21.1 Å². The first kappa shape index (κ1) is 26.1. The number of nitrogens with one attached hydrogen (secondary N) is 2. The number of rotatable bonds is 7. The Bertz CT molecular complexity index is 1240. The van der Waals surface area contributed by atoms with Crippen molar-refractivity contribution in [2.75, 3.05) is 20.2 Å². The number of benzene rings is 2. The molecule has 3 rings (SSSR count). The number of fused-ring (bicyclic) bond motifs is 1. The molecular weight excluding hydrogens is 470 g/mol. The number of halogens is 1. The van der Waals surface area contributed by atoms with Gasteiger partial charge in [-0.15, -0.1) is 0 Å². The first-order valence-electron chi connectivity index (χ1n) is 11.2. The molecule has 2 aromatic carbocycles. The maximum absolute atomic E-state index is 13.4. The Kier molecular flexibility index (Phi) is 8.07. The molecular formula is C26H30ClN3O5. The molecule has 0 aliphatic carbocycles. The third-order valence-corrected chi connectivity index (χ3v) is 5.54. The van der Waals surface area contributed by atoms with E-state index in [1.54, 1.807) is 68.8 Å². The summed E-state index contributed by atoms with van der Waals surface area (Å²) in [6.45, 7) is 7.61. The highest BCUT2D eigenvalue weighted by Gasteiger charge is 2.22. The Hall–Kier alpha value is -3.52. The standard InChI is InChI=1S/C26H30ClN3O5/c1-16-20(15-23(31)28-12-13-29-25(33)35-26(2,3)4)21-14-19(34-5)10-11-22(21)30(16)24(32)17-6-8-18(27)9-7-17/h6-11,14H,12-13,15H2,1-5H3,(H,28,31)(H,29,33). The quantitative estimate of drug-likeness (QED) is 0.467. The summed E-state index contributed by atoms with van der Waals surface area (Å²) in [6, 6.07) is 12.1. The highest BCUT2D eigenvalue weighted by atomic mass is 35.5. The molecule has 2 amide bonds. The van der Waals surface area contributed by atoms with Gasteiger partial charge in [0.1, 0.15) is 11.4 Å². The summed E-state index contributed by atoms with van der Waals surface area (Å²) >= 11 is 5.97. The SMILES string of the molecule is COc1ccc2c(c1)c(CC(=O)NCCNC(=O)OC(C)(C)C)c(C)n2C(=O)c1ccc(Cl)cc1. The fourth-order valence-electron chi connectivity index (χ4n) is 3.70. The average Bonchev–Trinajstić information content (AvgIpc) is 3.06. The van der Waals surface area contributed by atoms with Crippen LogP contribution in [-0.4, -0.2) is 48.3 Å². The van der Waals surface area contributed by atoms with Crippen LogP contribution < -0.4 is 15.4 Å². The third-order valence-electron chi connectivity index (χ3n) is 5.29. The lowest BCUT2D eigenvalue weighted by Crippen LogP contribution is -2.38. The normalized spacial score (nSPS) is 11.3. The molecule has 0 radical (unpaired) electrons. The number of carbonyl (C=O) groups is 3. The molecule has 0 fully saturated rings. The summed E-state index contributed by atoms with van der Waals surface area (Å²) in [7, 11) is 1.56. The first-order chi connectivity index (χ1) is 16.5. The predicted octanol–water partition coefficient (Wildman–Crippen LogP) is 4.48. The summed E-state index contributed by atoms with van der Waals surface area (Å²) in [4.78, 5) is 37.8. The van der Waals surface area contributed by atoms with Crippen molar-refractivity contribution in [3.05, 3.63) is 64.3 Å². The van der Waals surface area contributed by atoms with E-state index >= 15 is 0 Å². The number of ether oxygens (including phenoxy) is 2. The van der Waals surface area contributed by atoms with Crippen LogP contribution >= 0.6 is 11.6 Å². The predicted molar refractivity (Wildman–Crippen MR) is 135 cm³/mol. The monoisotopic (exact) mass is 499 g/mol. The van der Waals surface area contributed by atoms with Crippen LogP contribution in [-0.2, 0) is 16.0 Å². The van der Waals surface area contributed by atoms with Crippen LogP contribution in [0.1, 0.15) is 42.4 Å². The molecule has 0 unspecified atom stereocenters. The van der Waals surface area contributed by atoms with Crippen LogP contribution in [0.4, 0.5) is 4.79 Å². The Balaban J connectivity index is 1.79. The zero-order chi connectivity index (χ0) is 25.8. The summed E-state index contributed by atoms with van der Waals surface area (Å²) < 4.78 is 12.1. The molecule has 0 aliphatic rings. The second kappa shape index (κ2) is 10.8. The van der Waals surface area contributed by atoms with E-state index in [9.17, 15) is 14.4 Å². The van der Waals surface area contributed by atoms with Crippen LogP contribution in [0, 0.1) is 6.92 Å². The fourth-order valence-corrected chi connectivity index (χ4v) is 3.83. The summed E-state index contributed by atoms with van der Waals surface area (Å²) in [5.41, 5.74) is 1.95. The van der Waals surface area contributed by atoms with E-state index in [0.717, 1.165) is 10.9 Å². The minimum atomic E-state index is -0.594. The van der Waals surface area contributed by atoms with Crippen molar-refractivity contribution >= 4 is 40.4 Å². The maximum Gasteiger partial charge on any atom is 0.407 e. The van der Waals surface area contributed by atoms with Crippen molar-refractivity contribution in [3.63, 3.8) is 0 Å². The number of methoxy groups -OCH3 is 1. The van der Waals surface area contributed by atoms with Gasteiger partial charge in [0.2, 0.25) is 5.91 Å². The second-order valence-electron chi connectivity index (χ2n) is 9.05. The molecule has 186 valence electrons. The molecule has 0 bridgehead atoms. The van der Waals surface area contributed by atoms with E-state index < -0.39 is 11.7 Å². The third kappa shape index (κ3) is 6.54. The van der Waals surface area contributed by atoms with Gasteiger partial charge in [-0.05, 0) is 75.7 Å². The van der Waals surface area contributed by atoms with Crippen molar-refractivity contribution in [1.82, 2.24) is 15.2 Å². The summed E-state index contributed by atoms with van der Waals surface area (Å²) in [5.74, 6) is 0.166. The lowest BCUT2D eigenvalue weighted by molar-refractivity contribution is -0.120. The number of aromatic nitrogens is 1. The van der Waals surface area contributed by atoms with E-state index in [1.807, 2.05) is 13.0 Å². The zero-order valence-corrected chi connectivity index (χ0v) is 21.3. The molecule has 2 N–H and O–H groups in total. The van der Waals surface area contributed by atoms with Gasteiger partial charge >= 0.3 is 6.09 Å². The molecule has 0 saturated carbocycles. The van der Waals surface area contributed by atoms with Crippen molar-refractivity contribution in [2.45, 2.75) is 39.7 Å². The molecule has 0 atom stereocenters. The molecule has 35 heavy (non-hydrogen) atoms. The Morgan fingerprint density at radius 2 is 1.66 bits per heavy atom. The van der Waals surface area contributed by atoms with Gasteiger partial charge in [0.15, 0.2) is 0 Å². The van der Waals surface area contributed by atoms with Gasteiger partial charge in [-0.1, -0.05) is 11.6 Å². The zero-order valence-electron chi connectivity index (χ0n) is 20.5. The van der Waals surface area contributed by atoms with E-state index in [0.29, 0.717) is 27.5 Å². The minimum Gasteiger partial charge on any atom is -0.497 e. The smallest absolute Gasteiger partial charge is 0.407 e. The second-order valence-corrected chi connectivity index (χ2v) is 9.49. The first-order valence-corrected chi connectivity index (χ1v) is 11.6. The molecule has 8 nitrogen and oxygen atoms in total. The van der Waals surface area contributed by atoms with Gasteiger partial charge in [0.25, 0.3) is 5.91 Å². The molecule has 0 spiro atoms. The maximum atomic E-state index is 13.4. The van der Waals surface area contributed by atoms with Crippen molar-refractivity contribution in [3.8, 4) is 5.75 Å². The number of hydrogen-bond donors (Lipinski definition) is 2. The van der Waals surface area contributed by atoms with Crippen LogP contribution in [0.15, 0.2) is 42.5 Å². The molecule has 1 aromatic heterocycles. The van der Waals surface area contributed by atoms with Gasteiger partial charge in [-0.25, -0.2) is 4.79 Å². The molecule has 3 aromatic rings. The van der Waals surface area contributed by atoms with Crippen LogP contribution in [0.2, 0.25) is 5.02 Å². The highest BCUT2D eigenvalue weighted by molar-refractivity contribution is 6.30. The summed E-state index contributed by atoms with van der Waals surface area (Å²) in [5, 5.41) is 6.70. The number of amides is 2. The number of carbonyl (C=O) groups excluding carboxylic acids is 3. The van der Waals surface area contributed by atoms with Gasteiger partial charge in [-0.2, -0.15) is 0 Å². The van der Waals surface area contributed by atoms with Crippen LogP contribution in [0.5, 0.6) is 5.75 Å². The minimum absolute atomic E-state index is 0.0584. The Morgan fingerprint density at radius 1 is 1.00 bits per heavy atom. The number of alkyl carbamates (subject to hydrolysis) is 1. The number of hydrogen-bond acceptors (Lipinski definition) is 5. The van der Waals surface area contributed by atoms with E-state index in [-0.39, 0.29) is 31.3 Å². The lowest BCUT2D eigenvalue weighted by atomic mass is 10.1. The van der Waals surface area contributed by atoms with Crippen molar-refractivity contribution in [1.29, 1.82) is 0 Å². The largest absolute Gasteiger partial charge is 0.497 e. The van der Waals surface area contributed by atoms with E-state index in [2.05, 4.69) is 10.6 Å². The molecule has 0 aliphatic heterocycles. The average molecular weight is 500 g/mol. The van der Waals surface area contributed by atoms with Gasteiger partial charge in [0.05, 0.1) is 19.0 Å². The van der Waals surface area contributed by atoms with Crippen LogP contribution in [0.3, 0.4) is 0 Å². The number of nitrogens with zero attached hydrogens (tertiary/aromatic N) is 1. The Labute approximate surface area is 209 Å². The van der Waals surface area contributed by atoms with Crippen LogP contribution in [0.25, 0.3) is 10.9 Å². The molecule has 1 heterocycles. The summed E-state index contributed by atoms with van der Waals surface area (Å²) in [6.07, 6.45) is -0.485. The van der Waals surface area contributed by atoms with Gasteiger partial charge < -0.3 is 20.1 Å². The van der Waals surface area contributed by atoms with Crippen molar-refractivity contribution < 1.29 is 23.9 Å². The Morgan fingerprint density at radius 3 is 2.29 bits per heavy atom. The van der Waals surface area contributed by atoms with Crippen molar-refractivity contribution in [2.24, 2.45) is 0 Å².